The van der Waals surface area contributed by atoms with Crippen LogP contribution >= 0.6 is 0 Å². The van der Waals surface area contributed by atoms with Crippen LogP contribution in [0.15, 0.2) is 18.2 Å². The summed E-state index contributed by atoms with van der Waals surface area (Å²) in [6, 6.07) is 3.70. The Balaban J connectivity index is 2.36. The van der Waals surface area contributed by atoms with Crippen LogP contribution in [0.4, 0.5) is 8.78 Å². The maximum atomic E-state index is 13.8. The number of hydrogen-bond donors (Lipinski definition) is 0. The molecule has 0 radical (unpaired) electrons. The SMILES string of the molecule is CCOC1(C(=O)c2cccc(F)c2F)CCCCC1. The van der Waals surface area contributed by atoms with Crippen molar-refractivity contribution in [3.63, 3.8) is 0 Å². The number of Topliss-reactive ketones (excluding diaryl/α,β-unsaturated/α-hetero) is 1. The van der Waals surface area contributed by atoms with E-state index >= 15 is 0 Å². The van der Waals surface area contributed by atoms with Crippen molar-refractivity contribution in [2.24, 2.45) is 0 Å². The number of hydrogen-bond acceptors (Lipinski definition) is 2. The number of carbonyl (C=O) groups is 1. The molecule has 19 heavy (non-hydrogen) atoms. The zero-order valence-electron chi connectivity index (χ0n) is 11.0. The first-order valence-electron chi connectivity index (χ1n) is 6.73. The Kier molecular flexibility index (Phi) is 4.30. The second kappa shape index (κ2) is 5.78. The molecule has 0 unspecified atom stereocenters. The van der Waals surface area contributed by atoms with E-state index in [4.69, 9.17) is 4.74 Å². The third-order valence-corrected chi connectivity index (χ3v) is 3.69. The number of ether oxygens (including phenoxy) is 1. The average Bonchev–Trinajstić information content (AvgIpc) is 2.42. The Labute approximate surface area is 111 Å². The van der Waals surface area contributed by atoms with Crippen LogP contribution in [0.5, 0.6) is 0 Å². The van der Waals surface area contributed by atoms with Crippen molar-refractivity contribution in [3.05, 3.63) is 35.4 Å². The molecule has 0 aliphatic heterocycles. The summed E-state index contributed by atoms with van der Waals surface area (Å²) in [5.41, 5.74) is -1.17. The number of ketones is 1. The summed E-state index contributed by atoms with van der Waals surface area (Å²) in [6.07, 6.45) is 3.96. The highest BCUT2D eigenvalue weighted by Gasteiger charge is 2.41. The van der Waals surface area contributed by atoms with Crippen LogP contribution in [0.2, 0.25) is 0 Å². The van der Waals surface area contributed by atoms with E-state index in [1.54, 1.807) is 0 Å². The molecule has 4 heteroatoms. The lowest BCUT2D eigenvalue weighted by atomic mass is 9.79. The van der Waals surface area contributed by atoms with E-state index in [0.29, 0.717) is 19.4 Å². The summed E-state index contributed by atoms with van der Waals surface area (Å²) in [4.78, 5) is 12.6. The summed E-state index contributed by atoms with van der Waals surface area (Å²) in [7, 11) is 0. The Hall–Kier alpha value is -1.29. The van der Waals surface area contributed by atoms with Gasteiger partial charge in [0.1, 0.15) is 5.60 Å². The first-order chi connectivity index (χ1) is 9.10. The van der Waals surface area contributed by atoms with Gasteiger partial charge in [0.2, 0.25) is 0 Å². The van der Waals surface area contributed by atoms with Gasteiger partial charge in [0.25, 0.3) is 0 Å². The monoisotopic (exact) mass is 268 g/mol. The number of benzene rings is 1. The summed E-state index contributed by atoms with van der Waals surface area (Å²) < 4.78 is 32.7. The standard InChI is InChI=1S/C15H18F2O2/c1-2-19-15(9-4-3-5-10-15)14(18)11-7-6-8-12(16)13(11)17/h6-8H,2-5,9-10H2,1H3. The smallest absolute Gasteiger partial charge is 0.197 e. The van der Waals surface area contributed by atoms with Crippen LogP contribution in [-0.4, -0.2) is 18.0 Å². The molecule has 2 nitrogen and oxygen atoms in total. The zero-order valence-corrected chi connectivity index (χ0v) is 11.0. The summed E-state index contributed by atoms with van der Waals surface area (Å²) in [5, 5.41) is 0. The van der Waals surface area contributed by atoms with E-state index in [1.807, 2.05) is 6.92 Å². The van der Waals surface area contributed by atoms with Crippen LogP contribution < -0.4 is 0 Å². The Bertz CT molecular complexity index is 460. The molecule has 1 fully saturated rings. The molecule has 0 aromatic heterocycles. The van der Waals surface area contributed by atoms with E-state index in [2.05, 4.69) is 0 Å². The largest absolute Gasteiger partial charge is 0.367 e. The highest BCUT2D eigenvalue weighted by atomic mass is 19.2. The minimum atomic E-state index is -1.07. The molecule has 1 saturated carbocycles. The van der Waals surface area contributed by atoms with Gasteiger partial charge in [0.15, 0.2) is 17.4 Å². The molecule has 1 aliphatic carbocycles. The van der Waals surface area contributed by atoms with E-state index in [-0.39, 0.29) is 5.56 Å². The second-order valence-electron chi connectivity index (χ2n) is 4.92. The molecule has 0 saturated heterocycles. The van der Waals surface area contributed by atoms with Gasteiger partial charge >= 0.3 is 0 Å². The van der Waals surface area contributed by atoms with Gasteiger partial charge in [-0.15, -0.1) is 0 Å². The molecular weight excluding hydrogens is 250 g/mol. The number of carbonyl (C=O) groups excluding carboxylic acids is 1. The molecule has 104 valence electrons. The number of halogens is 2. The fourth-order valence-electron chi connectivity index (χ4n) is 2.76. The second-order valence-corrected chi connectivity index (χ2v) is 4.92. The summed E-state index contributed by atoms with van der Waals surface area (Å²) in [6.45, 7) is 2.20. The van der Waals surface area contributed by atoms with Gasteiger partial charge in [-0.3, -0.25) is 4.79 Å². The molecule has 0 atom stereocenters. The first kappa shape index (κ1) is 14.1. The van der Waals surface area contributed by atoms with Crippen molar-refractivity contribution >= 4 is 5.78 Å². The highest BCUT2D eigenvalue weighted by molar-refractivity contribution is 6.02. The normalized spacial score (nSPS) is 18.3. The lowest BCUT2D eigenvalue weighted by Gasteiger charge is -2.35. The minimum Gasteiger partial charge on any atom is -0.367 e. The van der Waals surface area contributed by atoms with E-state index in [9.17, 15) is 13.6 Å². The van der Waals surface area contributed by atoms with Gasteiger partial charge in [0, 0.05) is 6.61 Å². The Morgan fingerprint density at radius 2 is 1.95 bits per heavy atom. The molecule has 0 spiro atoms. The van der Waals surface area contributed by atoms with Crippen LogP contribution in [0, 0.1) is 11.6 Å². The van der Waals surface area contributed by atoms with Crippen molar-refractivity contribution in [2.75, 3.05) is 6.61 Å². The minimum absolute atomic E-state index is 0.199. The maximum Gasteiger partial charge on any atom is 0.197 e. The van der Waals surface area contributed by atoms with Gasteiger partial charge < -0.3 is 4.74 Å². The van der Waals surface area contributed by atoms with Crippen LogP contribution in [0.1, 0.15) is 49.4 Å². The van der Waals surface area contributed by atoms with Gasteiger partial charge in [-0.2, -0.15) is 0 Å². The van der Waals surface area contributed by atoms with Crippen LogP contribution in [-0.2, 0) is 4.74 Å². The Morgan fingerprint density at radius 3 is 2.58 bits per heavy atom. The van der Waals surface area contributed by atoms with Crippen LogP contribution in [0.25, 0.3) is 0 Å². The quantitative estimate of drug-likeness (QED) is 0.774. The molecule has 0 N–H and O–H groups in total. The van der Waals surface area contributed by atoms with Crippen molar-refractivity contribution in [1.29, 1.82) is 0 Å². The molecule has 0 heterocycles. The lowest BCUT2D eigenvalue weighted by molar-refractivity contribution is -0.0413. The molecule has 1 aromatic rings. The average molecular weight is 268 g/mol. The predicted octanol–water partition coefficient (Wildman–Crippen LogP) is 3.89. The molecule has 1 aromatic carbocycles. The topological polar surface area (TPSA) is 26.3 Å². The third kappa shape index (κ3) is 2.68. The van der Waals surface area contributed by atoms with Crippen molar-refractivity contribution in [2.45, 2.75) is 44.6 Å². The van der Waals surface area contributed by atoms with Crippen molar-refractivity contribution in [3.8, 4) is 0 Å². The molecule has 2 rings (SSSR count). The fraction of sp³-hybridized carbons (Fsp3) is 0.533. The van der Waals surface area contributed by atoms with Crippen molar-refractivity contribution in [1.82, 2.24) is 0 Å². The van der Waals surface area contributed by atoms with Gasteiger partial charge in [-0.1, -0.05) is 25.3 Å². The maximum absolute atomic E-state index is 13.8. The molecular formula is C15H18F2O2. The molecule has 0 bridgehead atoms. The summed E-state index contributed by atoms with van der Waals surface area (Å²) >= 11 is 0. The van der Waals surface area contributed by atoms with Gasteiger partial charge in [0.05, 0.1) is 5.56 Å². The Morgan fingerprint density at radius 1 is 1.26 bits per heavy atom. The van der Waals surface area contributed by atoms with Crippen LogP contribution in [0.3, 0.4) is 0 Å². The molecule has 1 aliphatic rings. The number of rotatable bonds is 4. The van der Waals surface area contributed by atoms with Gasteiger partial charge in [-0.05, 0) is 31.9 Å². The summed E-state index contributed by atoms with van der Waals surface area (Å²) in [5.74, 6) is -2.49. The fourth-order valence-corrected chi connectivity index (χ4v) is 2.76. The van der Waals surface area contributed by atoms with Crippen molar-refractivity contribution < 1.29 is 18.3 Å². The van der Waals surface area contributed by atoms with Gasteiger partial charge in [-0.25, -0.2) is 8.78 Å². The zero-order chi connectivity index (χ0) is 13.9. The highest BCUT2D eigenvalue weighted by Crippen LogP contribution is 2.35. The predicted molar refractivity (Wildman–Crippen MR) is 68.1 cm³/mol. The van der Waals surface area contributed by atoms with E-state index < -0.39 is 23.0 Å². The van der Waals surface area contributed by atoms with E-state index in [0.717, 1.165) is 25.3 Å². The molecule has 0 amide bonds. The first-order valence-corrected chi connectivity index (χ1v) is 6.73. The third-order valence-electron chi connectivity index (χ3n) is 3.69. The van der Waals surface area contributed by atoms with E-state index in [1.165, 1.54) is 12.1 Å². The lowest BCUT2D eigenvalue weighted by Crippen LogP contribution is -2.44.